The maximum Gasteiger partial charge on any atom is 0.246 e. The van der Waals surface area contributed by atoms with Crippen molar-refractivity contribution in [3.8, 4) is 5.75 Å². The van der Waals surface area contributed by atoms with Gasteiger partial charge in [0.25, 0.3) is 0 Å². The Morgan fingerprint density at radius 1 is 1.00 bits per heavy atom. The first kappa shape index (κ1) is 25.7. The molecule has 0 aliphatic carbocycles. The Balaban J connectivity index is 1.40. The number of nitrogens with zero attached hydrogens (tertiary/aromatic N) is 3. The molecule has 0 bridgehead atoms. The molecule has 7 heteroatoms. The van der Waals surface area contributed by atoms with E-state index in [1.54, 1.807) is 9.80 Å². The van der Waals surface area contributed by atoms with Crippen molar-refractivity contribution in [3.63, 3.8) is 0 Å². The van der Waals surface area contributed by atoms with Gasteiger partial charge < -0.3 is 24.2 Å². The van der Waals surface area contributed by atoms with Crippen LogP contribution in [-0.4, -0.2) is 50.4 Å². The van der Waals surface area contributed by atoms with Crippen molar-refractivity contribution in [3.05, 3.63) is 107 Å². The quantitative estimate of drug-likeness (QED) is 0.311. The molecule has 7 nitrogen and oxygen atoms in total. The van der Waals surface area contributed by atoms with Gasteiger partial charge >= 0.3 is 0 Å². The fraction of sp³-hybridized carbons (Fsp3) is 0.273. The van der Waals surface area contributed by atoms with E-state index in [1.165, 1.54) is 0 Å². The lowest BCUT2D eigenvalue weighted by Crippen LogP contribution is -2.61. The lowest BCUT2D eigenvalue weighted by molar-refractivity contribution is -0.157. The van der Waals surface area contributed by atoms with Gasteiger partial charge in [-0.15, -0.1) is 0 Å². The van der Waals surface area contributed by atoms with Gasteiger partial charge in [-0.2, -0.15) is 0 Å². The fourth-order valence-electron chi connectivity index (χ4n) is 5.92. The topological polar surface area (TPSA) is 75.0 Å². The van der Waals surface area contributed by atoms with Gasteiger partial charge in [-0.1, -0.05) is 68.1 Å². The molecule has 3 aromatic carbocycles. The average molecular weight is 536 g/mol. The highest BCUT2D eigenvalue weighted by Gasteiger charge is 2.43. The van der Waals surface area contributed by atoms with Crippen molar-refractivity contribution in [2.75, 3.05) is 13.1 Å². The maximum atomic E-state index is 13.4. The summed E-state index contributed by atoms with van der Waals surface area (Å²) in [7, 11) is 0. The van der Waals surface area contributed by atoms with Gasteiger partial charge in [0.05, 0.1) is 13.1 Å². The fourth-order valence-corrected chi connectivity index (χ4v) is 5.92. The van der Waals surface area contributed by atoms with Gasteiger partial charge in [-0.25, -0.2) is 0 Å². The summed E-state index contributed by atoms with van der Waals surface area (Å²) in [6.45, 7) is 7.82. The molecule has 0 saturated carbocycles. The number of ether oxygens (including phenoxy) is 1. The zero-order valence-electron chi connectivity index (χ0n) is 22.7. The summed E-state index contributed by atoms with van der Waals surface area (Å²) in [5.41, 5.74) is 6.02. The van der Waals surface area contributed by atoms with Crippen LogP contribution in [-0.2, 0) is 35.7 Å². The van der Waals surface area contributed by atoms with Crippen LogP contribution in [0.3, 0.4) is 0 Å². The molecule has 40 heavy (non-hydrogen) atoms. The predicted octanol–water partition coefficient (Wildman–Crippen LogP) is 5.30. The second kappa shape index (κ2) is 10.6. The van der Waals surface area contributed by atoms with Crippen LogP contribution in [0.1, 0.15) is 41.3 Å². The molecular formula is C33H33N3O4. The number of aromatic nitrogens is 1. The Labute approximate surface area is 233 Å². The molecule has 1 aromatic heterocycles. The van der Waals surface area contributed by atoms with Gasteiger partial charge in [0.15, 0.2) is 0 Å². The molecule has 0 radical (unpaired) electrons. The highest BCUT2D eigenvalue weighted by atomic mass is 16.5. The van der Waals surface area contributed by atoms with E-state index in [2.05, 4.69) is 23.3 Å². The smallest absolute Gasteiger partial charge is 0.246 e. The molecule has 1 N–H and O–H groups in total. The first-order chi connectivity index (χ1) is 19.4. The number of amides is 2. The van der Waals surface area contributed by atoms with E-state index in [-0.39, 0.29) is 24.1 Å². The summed E-state index contributed by atoms with van der Waals surface area (Å²) in [5, 5.41) is 10.8. The van der Waals surface area contributed by atoms with Crippen molar-refractivity contribution in [2.24, 2.45) is 0 Å². The summed E-state index contributed by atoms with van der Waals surface area (Å²) < 4.78 is 8.42. The molecule has 2 aliphatic heterocycles. The SMILES string of the molecule is C=C(O)c1ccc(Cn2c3c(c4cc(OCc5ccccc5)ccc42)CC2C(=O)N(CCC)CC(=O)N2C3)cc1. The summed E-state index contributed by atoms with van der Waals surface area (Å²) in [6, 6.07) is 23.4. The zero-order valence-corrected chi connectivity index (χ0v) is 22.7. The number of piperazine rings is 1. The van der Waals surface area contributed by atoms with Crippen molar-refractivity contribution in [1.29, 1.82) is 0 Å². The molecule has 4 aromatic rings. The van der Waals surface area contributed by atoms with Gasteiger partial charge in [0.1, 0.15) is 24.2 Å². The zero-order chi connectivity index (χ0) is 27.8. The van der Waals surface area contributed by atoms with Crippen molar-refractivity contribution in [2.45, 2.75) is 45.5 Å². The molecular weight excluding hydrogens is 502 g/mol. The first-order valence-corrected chi connectivity index (χ1v) is 13.8. The largest absolute Gasteiger partial charge is 0.508 e. The molecule has 1 atom stereocenters. The second-order valence-corrected chi connectivity index (χ2v) is 10.6. The highest BCUT2D eigenvalue weighted by molar-refractivity contribution is 5.97. The molecule has 0 spiro atoms. The van der Waals surface area contributed by atoms with Gasteiger partial charge in [-0.05, 0) is 41.3 Å². The van der Waals surface area contributed by atoms with E-state index in [0.29, 0.717) is 38.2 Å². The molecule has 204 valence electrons. The van der Waals surface area contributed by atoms with Gasteiger partial charge in [0.2, 0.25) is 11.8 Å². The van der Waals surface area contributed by atoms with Crippen molar-refractivity contribution >= 4 is 28.5 Å². The number of fused-ring (bicyclic) bond motifs is 4. The van der Waals surface area contributed by atoms with E-state index in [1.807, 2.05) is 67.6 Å². The summed E-state index contributed by atoms with van der Waals surface area (Å²) in [4.78, 5) is 30.1. The Morgan fingerprint density at radius 2 is 1.77 bits per heavy atom. The lowest BCUT2D eigenvalue weighted by Gasteiger charge is -2.43. The van der Waals surface area contributed by atoms with E-state index >= 15 is 0 Å². The number of hydrogen-bond donors (Lipinski definition) is 1. The van der Waals surface area contributed by atoms with E-state index in [9.17, 15) is 14.7 Å². The van der Waals surface area contributed by atoms with Crippen LogP contribution in [0, 0.1) is 0 Å². The highest BCUT2D eigenvalue weighted by Crippen LogP contribution is 2.37. The lowest BCUT2D eigenvalue weighted by atomic mass is 9.93. The van der Waals surface area contributed by atoms with Crippen LogP contribution in [0.4, 0.5) is 0 Å². The van der Waals surface area contributed by atoms with Crippen LogP contribution in [0.2, 0.25) is 0 Å². The third-order valence-electron chi connectivity index (χ3n) is 7.96. The van der Waals surface area contributed by atoms with E-state index < -0.39 is 6.04 Å². The number of rotatable bonds is 8. The van der Waals surface area contributed by atoms with Gasteiger partial charge in [-0.3, -0.25) is 9.59 Å². The van der Waals surface area contributed by atoms with Crippen molar-refractivity contribution < 1.29 is 19.4 Å². The minimum absolute atomic E-state index is 0.00167. The molecule has 1 saturated heterocycles. The van der Waals surface area contributed by atoms with Crippen LogP contribution in [0.25, 0.3) is 16.7 Å². The third-order valence-corrected chi connectivity index (χ3v) is 7.96. The minimum atomic E-state index is -0.483. The molecule has 1 unspecified atom stereocenters. The summed E-state index contributed by atoms with van der Waals surface area (Å²) in [6.07, 6.45) is 1.30. The number of aliphatic hydroxyl groups is 1. The predicted molar refractivity (Wildman–Crippen MR) is 155 cm³/mol. The maximum absolute atomic E-state index is 13.4. The third kappa shape index (κ3) is 4.72. The standard InChI is InChI=1S/C33H33N3O4/c1-3-15-34-20-32(38)36-19-31-28(17-30(36)33(34)39)27-16-26(40-21-24-7-5-4-6-8-24)13-14-29(27)35(31)18-23-9-11-25(12-10-23)22(2)37/h4-14,16,30,37H,2-3,15,17-21H2,1H3. The molecule has 2 aliphatic rings. The van der Waals surface area contributed by atoms with Crippen LogP contribution in [0.15, 0.2) is 79.4 Å². The first-order valence-electron chi connectivity index (χ1n) is 13.8. The van der Waals surface area contributed by atoms with Gasteiger partial charge in [0, 0.05) is 41.7 Å². The minimum Gasteiger partial charge on any atom is -0.508 e. The van der Waals surface area contributed by atoms with Crippen molar-refractivity contribution in [1.82, 2.24) is 14.4 Å². The number of hydrogen-bond acceptors (Lipinski definition) is 4. The molecule has 2 amide bonds. The number of benzene rings is 3. The van der Waals surface area contributed by atoms with Crippen LogP contribution < -0.4 is 4.74 Å². The monoisotopic (exact) mass is 535 g/mol. The van der Waals surface area contributed by atoms with Crippen LogP contribution >= 0.6 is 0 Å². The Hall–Kier alpha value is -4.52. The number of carbonyl (C=O) groups is 2. The second-order valence-electron chi connectivity index (χ2n) is 10.6. The van der Waals surface area contributed by atoms with E-state index in [0.717, 1.165) is 45.5 Å². The normalized spacial score (nSPS) is 16.7. The molecule has 3 heterocycles. The number of carbonyl (C=O) groups excluding carboxylic acids is 2. The Morgan fingerprint density at radius 3 is 2.50 bits per heavy atom. The van der Waals surface area contributed by atoms with E-state index in [4.69, 9.17) is 4.74 Å². The summed E-state index contributed by atoms with van der Waals surface area (Å²) in [5.74, 6) is 0.834. The number of aliphatic hydroxyl groups excluding tert-OH is 1. The average Bonchev–Trinajstić information content (AvgIpc) is 3.26. The molecule has 1 fully saturated rings. The summed E-state index contributed by atoms with van der Waals surface area (Å²) >= 11 is 0. The Kier molecular flexibility index (Phi) is 6.80. The van der Waals surface area contributed by atoms with Crippen LogP contribution in [0.5, 0.6) is 5.75 Å². The Bertz CT molecular complexity index is 1590. The molecule has 6 rings (SSSR count).